The second-order valence-corrected chi connectivity index (χ2v) is 5.27. The van der Waals surface area contributed by atoms with Crippen molar-refractivity contribution >= 4 is 5.69 Å². The van der Waals surface area contributed by atoms with Crippen LogP contribution in [0, 0.1) is 0 Å². The number of hydrogen-bond acceptors (Lipinski definition) is 3. The first-order valence-corrected chi connectivity index (χ1v) is 7.11. The minimum atomic E-state index is 0.638. The molecule has 2 aliphatic heterocycles. The highest BCUT2D eigenvalue weighted by atomic mass is 16.6. The third-order valence-corrected chi connectivity index (χ3v) is 4.02. The maximum absolute atomic E-state index is 5.67. The van der Waals surface area contributed by atoms with Crippen molar-refractivity contribution in [1.29, 1.82) is 0 Å². The van der Waals surface area contributed by atoms with Crippen molar-refractivity contribution in [3.8, 4) is 11.5 Å². The van der Waals surface area contributed by atoms with Crippen LogP contribution in [-0.2, 0) is 13.0 Å². The van der Waals surface area contributed by atoms with Gasteiger partial charge in [-0.25, -0.2) is 0 Å². The molecule has 3 heteroatoms. The van der Waals surface area contributed by atoms with Crippen LogP contribution in [0.1, 0.15) is 11.1 Å². The molecule has 2 aliphatic rings. The van der Waals surface area contributed by atoms with E-state index in [0.717, 1.165) is 31.0 Å². The van der Waals surface area contributed by atoms with Gasteiger partial charge in [0, 0.05) is 24.8 Å². The molecular formula is C17H17NO2. The molecule has 0 amide bonds. The van der Waals surface area contributed by atoms with Gasteiger partial charge < -0.3 is 14.4 Å². The number of hydrogen-bond donors (Lipinski definition) is 0. The number of nitrogens with zero attached hydrogens (tertiary/aromatic N) is 1. The summed E-state index contributed by atoms with van der Waals surface area (Å²) in [7, 11) is 0. The van der Waals surface area contributed by atoms with Crippen molar-refractivity contribution in [2.24, 2.45) is 0 Å². The Kier molecular flexibility index (Phi) is 2.76. The van der Waals surface area contributed by atoms with Gasteiger partial charge in [-0.05, 0) is 29.7 Å². The number of rotatable bonds is 1. The lowest BCUT2D eigenvalue weighted by atomic mass is 9.99. The molecule has 0 saturated carbocycles. The van der Waals surface area contributed by atoms with Gasteiger partial charge in [-0.1, -0.05) is 24.3 Å². The van der Waals surface area contributed by atoms with Gasteiger partial charge in [-0.15, -0.1) is 0 Å². The fourth-order valence-corrected chi connectivity index (χ4v) is 2.94. The Labute approximate surface area is 118 Å². The van der Waals surface area contributed by atoms with Crippen LogP contribution in [0.2, 0.25) is 0 Å². The number of fused-ring (bicyclic) bond motifs is 2. The van der Waals surface area contributed by atoms with E-state index in [-0.39, 0.29) is 0 Å². The highest BCUT2D eigenvalue weighted by Crippen LogP contribution is 2.35. The molecule has 0 N–H and O–H groups in total. The molecule has 2 aromatic carbocycles. The molecule has 3 nitrogen and oxygen atoms in total. The molecule has 0 saturated heterocycles. The standard InChI is InChI=1S/C17H17NO2/c1-2-4-14-12-18(8-7-13(14)3-1)15-5-6-16-17(11-15)20-10-9-19-16/h1-6,11H,7-10,12H2. The minimum absolute atomic E-state index is 0.638. The molecule has 102 valence electrons. The molecule has 0 fully saturated rings. The first-order chi connectivity index (χ1) is 9.90. The summed E-state index contributed by atoms with van der Waals surface area (Å²) in [6, 6.07) is 14.9. The van der Waals surface area contributed by atoms with E-state index in [9.17, 15) is 0 Å². The minimum Gasteiger partial charge on any atom is -0.486 e. The number of ether oxygens (including phenoxy) is 2. The SMILES string of the molecule is c1ccc2c(c1)CCN(c1ccc3c(c1)OCCO3)C2. The lowest BCUT2D eigenvalue weighted by Crippen LogP contribution is -2.30. The Hall–Kier alpha value is -2.16. The smallest absolute Gasteiger partial charge is 0.163 e. The first kappa shape index (κ1) is 11.6. The highest BCUT2D eigenvalue weighted by Gasteiger charge is 2.18. The molecule has 0 bridgehead atoms. The van der Waals surface area contributed by atoms with Crippen LogP contribution in [0.4, 0.5) is 5.69 Å². The molecule has 0 aromatic heterocycles. The summed E-state index contributed by atoms with van der Waals surface area (Å²) >= 11 is 0. The molecule has 2 aromatic rings. The van der Waals surface area contributed by atoms with E-state index >= 15 is 0 Å². The third-order valence-electron chi connectivity index (χ3n) is 4.02. The summed E-state index contributed by atoms with van der Waals surface area (Å²) in [6.45, 7) is 3.30. The van der Waals surface area contributed by atoms with E-state index in [1.165, 1.54) is 16.8 Å². The maximum atomic E-state index is 5.67. The van der Waals surface area contributed by atoms with Gasteiger partial charge in [0.2, 0.25) is 0 Å². The van der Waals surface area contributed by atoms with Gasteiger partial charge >= 0.3 is 0 Å². The number of benzene rings is 2. The molecule has 0 aliphatic carbocycles. The van der Waals surface area contributed by atoms with Crippen molar-refractivity contribution in [2.75, 3.05) is 24.7 Å². The zero-order valence-corrected chi connectivity index (χ0v) is 11.3. The summed E-state index contributed by atoms with van der Waals surface area (Å²) in [4.78, 5) is 2.40. The largest absolute Gasteiger partial charge is 0.486 e. The van der Waals surface area contributed by atoms with Crippen molar-refractivity contribution in [2.45, 2.75) is 13.0 Å². The summed E-state index contributed by atoms with van der Waals surface area (Å²) in [5, 5.41) is 0. The van der Waals surface area contributed by atoms with Crippen LogP contribution in [0.15, 0.2) is 42.5 Å². The van der Waals surface area contributed by atoms with E-state index in [4.69, 9.17) is 9.47 Å². The summed E-state index contributed by atoms with van der Waals surface area (Å²) < 4.78 is 11.3. The van der Waals surface area contributed by atoms with E-state index in [1.807, 2.05) is 6.07 Å². The molecule has 0 atom stereocenters. The normalized spacial score (nSPS) is 16.7. The third kappa shape index (κ3) is 1.99. The lowest BCUT2D eigenvalue weighted by Gasteiger charge is -2.31. The van der Waals surface area contributed by atoms with Gasteiger partial charge in [0.1, 0.15) is 13.2 Å². The fourth-order valence-electron chi connectivity index (χ4n) is 2.94. The van der Waals surface area contributed by atoms with Crippen LogP contribution in [0.3, 0.4) is 0 Å². The average Bonchev–Trinajstić information content (AvgIpc) is 2.54. The molecule has 0 unspecified atom stereocenters. The molecule has 4 rings (SSSR count). The van der Waals surface area contributed by atoms with Gasteiger partial charge in [0.05, 0.1) is 0 Å². The number of anilines is 1. The highest BCUT2D eigenvalue weighted by molar-refractivity contribution is 5.58. The van der Waals surface area contributed by atoms with E-state index in [2.05, 4.69) is 41.3 Å². The van der Waals surface area contributed by atoms with Crippen LogP contribution in [-0.4, -0.2) is 19.8 Å². The molecule has 2 heterocycles. The van der Waals surface area contributed by atoms with Gasteiger partial charge in [0.15, 0.2) is 11.5 Å². The van der Waals surface area contributed by atoms with E-state index in [1.54, 1.807) is 0 Å². The van der Waals surface area contributed by atoms with Crippen LogP contribution in [0.25, 0.3) is 0 Å². The quantitative estimate of drug-likeness (QED) is 0.792. The second-order valence-electron chi connectivity index (χ2n) is 5.27. The molecular weight excluding hydrogens is 250 g/mol. The predicted octanol–water partition coefficient (Wildman–Crippen LogP) is 3.02. The summed E-state index contributed by atoms with van der Waals surface area (Å²) in [6.07, 6.45) is 1.10. The zero-order chi connectivity index (χ0) is 13.4. The topological polar surface area (TPSA) is 21.7 Å². The van der Waals surface area contributed by atoms with E-state index < -0.39 is 0 Å². The summed E-state index contributed by atoms with van der Waals surface area (Å²) in [5.41, 5.74) is 4.11. The van der Waals surface area contributed by atoms with Crippen LogP contribution in [0.5, 0.6) is 11.5 Å². The molecule has 0 radical (unpaired) electrons. The van der Waals surface area contributed by atoms with Gasteiger partial charge in [-0.3, -0.25) is 0 Å². The van der Waals surface area contributed by atoms with Gasteiger partial charge in [-0.2, -0.15) is 0 Å². The second kappa shape index (κ2) is 4.75. The van der Waals surface area contributed by atoms with E-state index in [0.29, 0.717) is 13.2 Å². The Balaban J connectivity index is 1.63. The van der Waals surface area contributed by atoms with Crippen molar-refractivity contribution in [1.82, 2.24) is 0 Å². The maximum Gasteiger partial charge on any atom is 0.163 e. The zero-order valence-electron chi connectivity index (χ0n) is 11.3. The lowest BCUT2D eigenvalue weighted by molar-refractivity contribution is 0.171. The summed E-state index contributed by atoms with van der Waals surface area (Å²) in [5.74, 6) is 1.73. The molecule has 20 heavy (non-hydrogen) atoms. The van der Waals surface area contributed by atoms with Crippen LogP contribution >= 0.6 is 0 Å². The fraction of sp³-hybridized carbons (Fsp3) is 0.294. The Morgan fingerprint density at radius 2 is 1.65 bits per heavy atom. The van der Waals surface area contributed by atoms with Crippen molar-refractivity contribution in [3.63, 3.8) is 0 Å². The van der Waals surface area contributed by atoms with Crippen molar-refractivity contribution in [3.05, 3.63) is 53.6 Å². The van der Waals surface area contributed by atoms with Crippen LogP contribution < -0.4 is 14.4 Å². The first-order valence-electron chi connectivity index (χ1n) is 7.11. The van der Waals surface area contributed by atoms with Crippen molar-refractivity contribution < 1.29 is 9.47 Å². The predicted molar refractivity (Wildman–Crippen MR) is 78.6 cm³/mol. The monoisotopic (exact) mass is 267 g/mol. The Morgan fingerprint density at radius 3 is 2.55 bits per heavy atom. The molecule has 0 spiro atoms. The Bertz CT molecular complexity index is 639. The average molecular weight is 267 g/mol. The Morgan fingerprint density at radius 1 is 0.850 bits per heavy atom. The van der Waals surface area contributed by atoms with Gasteiger partial charge in [0.25, 0.3) is 0 Å².